The Kier molecular flexibility index (Phi) is 10.3. The first kappa shape index (κ1) is 20.1. The van der Waals surface area contributed by atoms with Crippen LogP contribution >= 0.6 is 15.9 Å². The average Bonchev–Trinajstić information content (AvgIpc) is 2.37. The molecule has 0 saturated carbocycles. The normalized spacial score (nSPS) is 10.1. The molecular formula is C17H27BrFNO. The number of carbonyl (C=O) groups excluding carboxylic acids is 1. The number of amides is 1. The van der Waals surface area contributed by atoms with Crippen molar-refractivity contribution >= 4 is 21.8 Å². The van der Waals surface area contributed by atoms with E-state index in [1.165, 1.54) is 12.1 Å². The van der Waals surface area contributed by atoms with Gasteiger partial charge in [0, 0.05) is 17.6 Å². The van der Waals surface area contributed by atoms with Crippen LogP contribution in [0.4, 0.5) is 4.39 Å². The summed E-state index contributed by atoms with van der Waals surface area (Å²) in [6.45, 7) is 11.9. The quantitative estimate of drug-likeness (QED) is 0.678. The predicted molar refractivity (Wildman–Crippen MR) is 91.1 cm³/mol. The van der Waals surface area contributed by atoms with E-state index in [2.05, 4.69) is 36.7 Å². The topological polar surface area (TPSA) is 20.3 Å². The molecular weight excluding hydrogens is 333 g/mol. The zero-order valence-corrected chi connectivity index (χ0v) is 15.3. The van der Waals surface area contributed by atoms with Crippen LogP contribution in [0.1, 0.15) is 57.8 Å². The molecule has 120 valence electrons. The Morgan fingerprint density at radius 1 is 1.19 bits per heavy atom. The minimum atomic E-state index is -0.471. The largest absolute Gasteiger partial charge is 0.339 e. The van der Waals surface area contributed by atoms with Gasteiger partial charge < -0.3 is 4.90 Å². The van der Waals surface area contributed by atoms with Gasteiger partial charge in [-0.05, 0) is 37.0 Å². The Hall–Kier alpha value is -0.900. The molecule has 0 radical (unpaired) electrons. The monoisotopic (exact) mass is 359 g/mol. The highest BCUT2D eigenvalue weighted by Gasteiger charge is 2.17. The Bertz CT molecular complexity index is 426. The Morgan fingerprint density at radius 2 is 1.67 bits per heavy atom. The highest BCUT2D eigenvalue weighted by molar-refractivity contribution is 9.10. The summed E-state index contributed by atoms with van der Waals surface area (Å²) in [4.78, 5) is 13.8. The van der Waals surface area contributed by atoms with Gasteiger partial charge in [-0.1, -0.05) is 50.5 Å². The van der Waals surface area contributed by atoms with Crippen molar-refractivity contribution in [2.45, 2.75) is 47.5 Å². The molecule has 1 rings (SSSR count). The van der Waals surface area contributed by atoms with Crippen LogP contribution in [-0.4, -0.2) is 23.9 Å². The van der Waals surface area contributed by atoms with E-state index >= 15 is 0 Å². The van der Waals surface area contributed by atoms with Crippen molar-refractivity contribution in [3.05, 3.63) is 34.1 Å². The standard InChI is InChI=1S/C13H17BrFNO.C4H10/c1-3-7-16(8-4-2)13(17)11-6-5-10(14)9-12(11)15;1-4(2)3/h5-6,9H,3-4,7-8H2,1-2H3;4H,1-3H3. The molecule has 1 aromatic rings. The van der Waals surface area contributed by atoms with E-state index in [0.717, 1.165) is 18.8 Å². The maximum Gasteiger partial charge on any atom is 0.256 e. The van der Waals surface area contributed by atoms with Gasteiger partial charge in [0.25, 0.3) is 5.91 Å². The molecule has 1 aromatic carbocycles. The number of nitrogens with zero attached hydrogens (tertiary/aromatic N) is 1. The summed E-state index contributed by atoms with van der Waals surface area (Å²) in [5, 5.41) is 0. The zero-order chi connectivity index (χ0) is 16.4. The lowest BCUT2D eigenvalue weighted by Gasteiger charge is -2.21. The third-order valence-corrected chi connectivity index (χ3v) is 2.93. The van der Waals surface area contributed by atoms with E-state index in [0.29, 0.717) is 17.6 Å². The van der Waals surface area contributed by atoms with Crippen LogP contribution < -0.4 is 0 Å². The van der Waals surface area contributed by atoms with E-state index in [1.807, 2.05) is 13.8 Å². The molecule has 4 heteroatoms. The summed E-state index contributed by atoms with van der Waals surface area (Å²) in [7, 11) is 0. The van der Waals surface area contributed by atoms with E-state index in [9.17, 15) is 9.18 Å². The Labute approximate surface area is 136 Å². The van der Waals surface area contributed by atoms with Gasteiger partial charge in [0.15, 0.2) is 0 Å². The minimum absolute atomic E-state index is 0.148. The van der Waals surface area contributed by atoms with Crippen molar-refractivity contribution in [3.8, 4) is 0 Å². The zero-order valence-electron chi connectivity index (χ0n) is 13.7. The first-order chi connectivity index (χ1) is 9.83. The number of benzene rings is 1. The molecule has 0 saturated heterocycles. The van der Waals surface area contributed by atoms with Crippen molar-refractivity contribution in [1.82, 2.24) is 4.90 Å². The second kappa shape index (κ2) is 10.8. The molecule has 0 aliphatic rings. The summed E-state index contributed by atoms with van der Waals surface area (Å²) in [6, 6.07) is 4.54. The lowest BCUT2D eigenvalue weighted by atomic mass is 10.1. The SMILES string of the molecule is CC(C)C.CCCN(CCC)C(=O)c1ccc(Br)cc1F. The van der Waals surface area contributed by atoms with Crippen LogP contribution in [0.5, 0.6) is 0 Å². The van der Waals surface area contributed by atoms with Crippen LogP contribution in [0, 0.1) is 11.7 Å². The fraction of sp³-hybridized carbons (Fsp3) is 0.588. The van der Waals surface area contributed by atoms with Crippen molar-refractivity contribution in [2.75, 3.05) is 13.1 Å². The van der Waals surface area contributed by atoms with Gasteiger partial charge in [-0.2, -0.15) is 0 Å². The second-order valence-corrected chi connectivity index (χ2v) is 6.56. The maximum atomic E-state index is 13.7. The van der Waals surface area contributed by atoms with E-state index in [-0.39, 0.29) is 11.5 Å². The van der Waals surface area contributed by atoms with Crippen molar-refractivity contribution in [2.24, 2.45) is 5.92 Å². The van der Waals surface area contributed by atoms with E-state index < -0.39 is 5.82 Å². The maximum absolute atomic E-state index is 13.7. The summed E-state index contributed by atoms with van der Waals surface area (Å²) >= 11 is 3.18. The molecule has 0 aliphatic heterocycles. The third-order valence-electron chi connectivity index (χ3n) is 2.44. The van der Waals surface area contributed by atoms with Crippen molar-refractivity contribution < 1.29 is 9.18 Å². The lowest BCUT2D eigenvalue weighted by Crippen LogP contribution is -2.33. The van der Waals surface area contributed by atoms with Crippen molar-refractivity contribution in [1.29, 1.82) is 0 Å². The molecule has 2 nitrogen and oxygen atoms in total. The fourth-order valence-electron chi connectivity index (χ4n) is 1.69. The molecule has 1 amide bonds. The first-order valence-electron chi connectivity index (χ1n) is 7.57. The Morgan fingerprint density at radius 3 is 2.05 bits per heavy atom. The summed E-state index contributed by atoms with van der Waals surface area (Å²) in [6.07, 6.45) is 1.76. The van der Waals surface area contributed by atoms with Gasteiger partial charge in [-0.15, -0.1) is 0 Å². The van der Waals surface area contributed by atoms with Gasteiger partial charge in [0.1, 0.15) is 5.82 Å². The fourth-order valence-corrected chi connectivity index (χ4v) is 2.02. The summed E-state index contributed by atoms with van der Waals surface area (Å²) in [5.74, 6) is 0.139. The second-order valence-electron chi connectivity index (χ2n) is 5.65. The number of hydrogen-bond acceptors (Lipinski definition) is 1. The molecule has 0 aliphatic carbocycles. The average molecular weight is 360 g/mol. The summed E-state index contributed by atoms with van der Waals surface area (Å²) < 4.78 is 14.3. The Balaban J connectivity index is 0.000000885. The molecule has 0 spiro atoms. The van der Waals surface area contributed by atoms with Crippen LogP contribution in [0.3, 0.4) is 0 Å². The van der Waals surface area contributed by atoms with Gasteiger partial charge in [-0.3, -0.25) is 4.79 Å². The van der Waals surface area contributed by atoms with Gasteiger partial charge in [0.2, 0.25) is 0 Å². The van der Waals surface area contributed by atoms with Crippen molar-refractivity contribution in [3.63, 3.8) is 0 Å². The van der Waals surface area contributed by atoms with Crippen LogP contribution in [0.15, 0.2) is 22.7 Å². The molecule has 0 heterocycles. The predicted octanol–water partition coefficient (Wildman–Crippen LogP) is 5.51. The molecule has 0 fully saturated rings. The van der Waals surface area contributed by atoms with Gasteiger partial charge >= 0.3 is 0 Å². The number of carbonyl (C=O) groups is 1. The molecule has 21 heavy (non-hydrogen) atoms. The van der Waals surface area contributed by atoms with Gasteiger partial charge in [-0.25, -0.2) is 4.39 Å². The highest BCUT2D eigenvalue weighted by atomic mass is 79.9. The lowest BCUT2D eigenvalue weighted by molar-refractivity contribution is 0.0751. The number of hydrogen-bond donors (Lipinski definition) is 0. The number of rotatable bonds is 5. The third kappa shape index (κ3) is 8.20. The summed E-state index contributed by atoms with van der Waals surface area (Å²) in [5.41, 5.74) is 0.148. The van der Waals surface area contributed by atoms with E-state index in [4.69, 9.17) is 0 Å². The first-order valence-corrected chi connectivity index (χ1v) is 8.37. The highest BCUT2D eigenvalue weighted by Crippen LogP contribution is 2.17. The van der Waals surface area contributed by atoms with E-state index in [1.54, 1.807) is 11.0 Å². The molecule has 0 unspecified atom stereocenters. The molecule has 0 bridgehead atoms. The molecule has 0 atom stereocenters. The van der Waals surface area contributed by atoms with Crippen LogP contribution in [-0.2, 0) is 0 Å². The van der Waals surface area contributed by atoms with Gasteiger partial charge in [0.05, 0.1) is 5.56 Å². The van der Waals surface area contributed by atoms with Crippen LogP contribution in [0.2, 0.25) is 0 Å². The minimum Gasteiger partial charge on any atom is -0.339 e. The molecule has 0 aromatic heterocycles. The van der Waals surface area contributed by atoms with Crippen LogP contribution in [0.25, 0.3) is 0 Å². The molecule has 0 N–H and O–H groups in total. The smallest absolute Gasteiger partial charge is 0.256 e. The number of halogens is 2.